The number of pyridine rings is 1. The highest BCUT2D eigenvalue weighted by Crippen LogP contribution is 2.27. The maximum atomic E-state index is 12.7. The predicted octanol–water partition coefficient (Wildman–Crippen LogP) is 1.91. The van der Waals surface area contributed by atoms with E-state index in [1.54, 1.807) is 20.1 Å². The van der Waals surface area contributed by atoms with Gasteiger partial charge in [0, 0.05) is 23.4 Å². The number of hydrogen-bond acceptors (Lipinski definition) is 7. The highest BCUT2D eigenvalue weighted by atomic mass is 16.5. The van der Waals surface area contributed by atoms with Gasteiger partial charge in [-0.15, -0.1) is 0 Å². The van der Waals surface area contributed by atoms with Crippen LogP contribution in [0, 0.1) is 5.92 Å². The van der Waals surface area contributed by atoms with E-state index >= 15 is 0 Å². The van der Waals surface area contributed by atoms with Crippen LogP contribution in [0.1, 0.15) is 43.1 Å². The third kappa shape index (κ3) is 6.90. The lowest BCUT2D eigenvalue weighted by molar-refractivity contribution is -0.145. The van der Waals surface area contributed by atoms with Crippen molar-refractivity contribution < 1.29 is 33.8 Å². The van der Waals surface area contributed by atoms with Gasteiger partial charge in [-0.2, -0.15) is 0 Å². The first-order valence-electron chi connectivity index (χ1n) is 10.5. The number of methoxy groups -OCH3 is 2. The van der Waals surface area contributed by atoms with Crippen LogP contribution in [0.4, 0.5) is 0 Å². The van der Waals surface area contributed by atoms with Gasteiger partial charge in [-0.1, -0.05) is 12.1 Å². The standard InChI is InChI=1S/C22H27N3O5.CH2O2/c1-13(22(28)30-3)23-20(26)14-8-10-15(11-9-14)24-21(27)18-12-19(29-2)16-6-4-5-7-17(16)25-18;2-1-3/h4-7,12-15H,8-11H2,1-3H3,(H,23,26)(H,24,27);1H,(H,2,3)/t13-,14?,15?;/m1./s1. The normalized spacial score (nSPS) is 18.2. The zero-order valence-electron chi connectivity index (χ0n) is 18.9. The molecule has 1 atom stereocenters. The van der Waals surface area contributed by atoms with E-state index in [0.717, 1.165) is 5.39 Å². The van der Waals surface area contributed by atoms with Crippen molar-refractivity contribution in [2.45, 2.75) is 44.7 Å². The Hall–Kier alpha value is -3.69. The summed E-state index contributed by atoms with van der Waals surface area (Å²) in [7, 11) is 2.86. The molecule has 10 nitrogen and oxygen atoms in total. The summed E-state index contributed by atoms with van der Waals surface area (Å²) in [5.41, 5.74) is 0.999. The lowest BCUT2D eigenvalue weighted by atomic mass is 9.85. The second-order valence-electron chi connectivity index (χ2n) is 7.61. The Labute approximate surface area is 191 Å². The maximum Gasteiger partial charge on any atom is 0.328 e. The third-order valence-electron chi connectivity index (χ3n) is 5.48. The lowest BCUT2D eigenvalue weighted by Crippen LogP contribution is -2.45. The predicted molar refractivity (Wildman–Crippen MR) is 120 cm³/mol. The van der Waals surface area contributed by atoms with Gasteiger partial charge in [-0.25, -0.2) is 9.78 Å². The molecule has 33 heavy (non-hydrogen) atoms. The highest BCUT2D eigenvalue weighted by Gasteiger charge is 2.29. The molecule has 0 spiro atoms. The van der Waals surface area contributed by atoms with E-state index < -0.39 is 12.0 Å². The number of carbonyl (C=O) groups is 4. The van der Waals surface area contributed by atoms with Crippen LogP contribution in [-0.2, 0) is 19.1 Å². The number of fused-ring (bicyclic) bond motifs is 1. The van der Waals surface area contributed by atoms with Gasteiger partial charge in [0.15, 0.2) is 0 Å². The molecule has 2 amide bonds. The number of aromatic nitrogens is 1. The van der Waals surface area contributed by atoms with Crippen LogP contribution in [-0.4, -0.2) is 60.6 Å². The van der Waals surface area contributed by atoms with Gasteiger partial charge in [-0.3, -0.25) is 14.4 Å². The molecule has 0 aliphatic heterocycles. The molecule has 0 unspecified atom stereocenters. The number of amides is 2. The number of nitrogens with zero attached hydrogens (tertiary/aromatic N) is 1. The summed E-state index contributed by atoms with van der Waals surface area (Å²) >= 11 is 0. The Kier molecular flexibility index (Phi) is 9.59. The van der Waals surface area contributed by atoms with E-state index in [9.17, 15) is 14.4 Å². The molecule has 0 saturated heterocycles. The number of nitrogens with one attached hydrogen (secondary N) is 2. The summed E-state index contributed by atoms with van der Waals surface area (Å²) in [5, 5.41) is 13.4. The molecule has 0 bridgehead atoms. The summed E-state index contributed by atoms with van der Waals surface area (Å²) in [6, 6.07) is 8.44. The fourth-order valence-electron chi connectivity index (χ4n) is 3.75. The summed E-state index contributed by atoms with van der Waals surface area (Å²) in [4.78, 5) is 49.4. The van der Waals surface area contributed by atoms with Crippen molar-refractivity contribution in [3.05, 3.63) is 36.0 Å². The highest BCUT2D eigenvalue weighted by molar-refractivity contribution is 5.97. The first-order valence-corrected chi connectivity index (χ1v) is 10.5. The van der Waals surface area contributed by atoms with Gasteiger partial charge in [0.05, 0.1) is 19.7 Å². The molecule has 1 aliphatic rings. The molecule has 3 rings (SSSR count). The van der Waals surface area contributed by atoms with Crippen molar-refractivity contribution in [1.82, 2.24) is 15.6 Å². The van der Waals surface area contributed by atoms with Gasteiger partial charge in [0.1, 0.15) is 17.5 Å². The van der Waals surface area contributed by atoms with E-state index in [0.29, 0.717) is 42.6 Å². The minimum Gasteiger partial charge on any atom is -0.496 e. The van der Waals surface area contributed by atoms with E-state index in [4.69, 9.17) is 14.6 Å². The zero-order chi connectivity index (χ0) is 24.4. The number of ether oxygens (including phenoxy) is 2. The van der Waals surface area contributed by atoms with E-state index in [-0.39, 0.29) is 30.2 Å². The summed E-state index contributed by atoms with van der Waals surface area (Å²) in [6.45, 7) is 1.35. The molecule has 1 aromatic carbocycles. The Bertz CT molecular complexity index is 987. The average Bonchev–Trinajstić information content (AvgIpc) is 2.83. The van der Waals surface area contributed by atoms with Gasteiger partial charge >= 0.3 is 5.97 Å². The van der Waals surface area contributed by atoms with Crippen molar-refractivity contribution in [3.63, 3.8) is 0 Å². The quantitative estimate of drug-likeness (QED) is 0.439. The largest absolute Gasteiger partial charge is 0.496 e. The molecule has 2 aromatic rings. The smallest absolute Gasteiger partial charge is 0.328 e. The molecule has 1 saturated carbocycles. The second kappa shape index (κ2) is 12.4. The van der Waals surface area contributed by atoms with Crippen molar-refractivity contribution >= 4 is 35.2 Å². The Morgan fingerprint density at radius 3 is 2.39 bits per heavy atom. The number of rotatable bonds is 6. The van der Waals surface area contributed by atoms with Crippen molar-refractivity contribution in [2.24, 2.45) is 5.92 Å². The first kappa shape index (κ1) is 25.6. The fourth-order valence-corrected chi connectivity index (χ4v) is 3.75. The lowest BCUT2D eigenvalue weighted by Gasteiger charge is -2.29. The SMILES string of the molecule is COC(=O)[C@@H](C)NC(=O)C1CCC(NC(=O)c2cc(OC)c3ccccc3n2)CC1.O=CO. The topological polar surface area (TPSA) is 144 Å². The second-order valence-corrected chi connectivity index (χ2v) is 7.61. The molecule has 1 aliphatic carbocycles. The molecule has 1 aromatic heterocycles. The van der Waals surface area contributed by atoms with Gasteiger partial charge in [0.2, 0.25) is 5.91 Å². The average molecular weight is 459 g/mol. The van der Waals surface area contributed by atoms with E-state index in [1.807, 2.05) is 24.3 Å². The maximum absolute atomic E-state index is 12.7. The molecule has 1 heterocycles. The van der Waals surface area contributed by atoms with Gasteiger partial charge in [-0.05, 0) is 44.7 Å². The first-order chi connectivity index (χ1) is 15.8. The van der Waals surface area contributed by atoms with Crippen LogP contribution < -0.4 is 15.4 Å². The number of carbonyl (C=O) groups excluding carboxylic acids is 3. The van der Waals surface area contributed by atoms with Crippen molar-refractivity contribution in [3.8, 4) is 5.75 Å². The van der Waals surface area contributed by atoms with Crippen molar-refractivity contribution in [1.29, 1.82) is 0 Å². The molecule has 1 fully saturated rings. The molecule has 3 N–H and O–H groups in total. The summed E-state index contributed by atoms with van der Waals surface area (Å²) in [5.74, 6) is -0.456. The number of para-hydroxylation sites is 1. The zero-order valence-corrected chi connectivity index (χ0v) is 18.9. The van der Waals surface area contributed by atoms with Crippen LogP contribution in [0.2, 0.25) is 0 Å². The Morgan fingerprint density at radius 2 is 1.79 bits per heavy atom. The summed E-state index contributed by atoms with van der Waals surface area (Å²) in [6.07, 6.45) is 2.64. The van der Waals surface area contributed by atoms with Crippen LogP contribution in [0.15, 0.2) is 30.3 Å². The van der Waals surface area contributed by atoms with E-state index in [2.05, 4.69) is 20.4 Å². The molecular formula is C23H29N3O7. The van der Waals surface area contributed by atoms with Crippen LogP contribution >= 0.6 is 0 Å². The van der Waals surface area contributed by atoms with Crippen LogP contribution in [0.3, 0.4) is 0 Å². The summed E-state index contributed by atoms with van der Waals surface area (Å²) < 4.78 is 10.0. The molecule has 10 heteroatoms. The fraction of sp³-hybridized carbons (Fsp3) is 0.435. The van der Waals surface area contributed by atoms with Crippen molar-refractivity contribution in [2.75, 3.05) is 14.2 Å². The third-order valence-corrected chi connectivity index (χ3v) is 5.48. The Balaban J connectivity index is 0.00000122. The van der Waals surface area contributed by atoms with Gasteiger partial charge < -0.3 is 25.2 Å². The molecule has 0 radical (unpaired) electrons. The molecule has 178 valence electrons. The number of esters is 1. The van der Waals surface area contributed by atoms with Gasteiger partial charge in [0.25, 0.3) is 12.4 Å². The van der Waals surface area contributed by atoms with Crippen LogP contribution in [0.25, 0.3) is 10.9 Å². The number of carboxylic acid groups (broad SMARTS) is 1. The number of benzene rings is 1. The van der Waals surface area contributed by atoms with E-state index in [1.165, 1.54) is 7.11 Å². The minimum absolute atomic E-state index is 0.0288. The minimum atomic E-state index is -0.672. The monoisotopic (exact) mass is 459 g/mol. The number of hydrogen-bond donors (Lipinski definition) is 3. The van der Waals surface area contributed by atoms with Crippen LogP contribution in [0.5, 0.6) is 5.75 Å². The Morgan fingerprint density at radius 1 is 1.15 bits per heavy atom. The molecular weight excluding hydrogens is 430 g/mol.